The van der Waals surface area contributed by atoms with Crippen LogP contribution in [0.1, 0.15) is 28.8 Å². The standard InChI is InChI=1S/C24H24N2O3S/c1-18-4-12-22(13-5-18)25-24(27)21-8-6-19(7-9-21)20-10-14-23(15-11-20)30(28,29)26-16-2-3-17-26/h4-15H,2-3,16-17H2,1H3,(H,25,27). The lowest BCUT2D eigenvalue weighted by Crippen LogP contribution is -2.27. The van der Waals surface area contributed by atoms with E-state index in [1.165, 1.54) is 0 Å². The minimum Gasteiger partial charge on any atom is -0.322 e. The molecule has 0 spiro atoms. The van der Waals surface area contributed by atoms with Gasteiger partial charge in [0.2, 0.25) is 10.0 Å². The van der Waals surface area contributed by atoms with Crippen LogP contribution < -0.4 is 5.32 Å². The van der Waals surface area contributed by atoms with Crippen molar-refractivity contribution in [2.45, 2.75) is 24.7 Å². The number of carbonyl (C=O) groups excluding carboxylic acids is 1. The molecule has 0 radical (unpaired) electrons. The van der Waals surface area contributed by atoms with E-state index >= 15 is 0 Å². The molecule has 0 unspecified atom stereocenters. The summed E-state index contributed by atoms with van der Waals surface area (Å²) in [5.74, 6) is -0.169. The molecule has 3 aromatic rings. The normalized spacial score (nSPS) is 14.6. The van der Waals surface area contributed by atoms with E-state index in [2.05, 4.69) is 5.32 Å². The van der Waals surface area contributed by atoms with Crippen LogP contribution in [0.25, 0.3) is 11.1 Å². The Morgan fingerprint density at radius 1 is 0.800 bits per heavy atom. The van der Waals surface area contributed by atoms with Gasteiger partial charge in [0.25, 0.3) is 5.91 Å². The molecule has 0 saturated carbocycles. The highest BCUT2D eigenvalue weighted by atomic mass is 32.2. The van der Waals surface area contributed by atoms with Gasteiger partial charge in [-0.15, -0.1) is 0 Å². The maximum Gasteiger partial charge on any atom is 0.255 e. The van der Waals surface area contributed by atoms with E-state index in [1.807, 2.05) is 55.5 Å². The SMILES string of the molecule is Cc1ccc(NC(=O)c2ccc(-c3ccc(S(=O)(=O)N4CCCC4)cc3)cc2)cc1. The Hall–Kier alpha value is -2.96. The smallest absolute Gasteiger partial charge is 0.255 e. The molecule has 4 rings (SSSR count). The van der Waals surface area contributed by atoms with Gasteiger partial charge in [-0.3, -0.25) is 4.79 Å². The zero-order valence-corrected chi connectivity index (χ0v) is 17.7. The second-order valence-electron chi connectivity index (χ2n) is 7.53. The van der Waals surface area contributed by atoms with Crippen molar-refractivity contribution in [2.75, 3.05) is 18.4 Å². The van der Waals surface area contributed by atoms with Gasteiger partial charge in [0.05, 0.1) is 4.90 Å². The number of nitrogens with one attached hydrogen (secondary N) is 1. The molecule has 1 amide bonds. The van der Waals surface area contributed by atoms with Crippen molar-refractivity contribution < 1.29 is 13.2 Å². The molecule has 0 aromatic heterocycles. The number of nitrogens with zero attached hydrogens (tertiary/aromatic N) is 1. The molecule has 3 aromatic carbocycles. The third-order valence-corrected chi connectivity index (χ3v) is 7.26. The van der Waals surface area contributed by atoms with Crippen LogP contribution in [0.3, 0.4) is 0 Å². The van der Waals surface area contributed by atoms with Gasteiger partial charge in [-0.1, -0.05) is 42.0 Å². The Balaban J connectivity index is 1.47. The lowest BCUT2D eigenvalue weighted by Gasteiger charge is -2.15. The highest BCUT2D eigenvalue weighted by molar-refractivity contribution is 7.89. The monoisotopic (exact) mass is 420 g/mol. The Labute approximate surface area is 177 Å². The topological polar surface area (TPSA) is 66.5 Å². The van der Waals surface area contributed by atoms with E-state index in [0.29, 0.717) is 23.5 Å². The van der Waals surface area contributed by atoms with Crippen LogP contribution in [-0.2, 0) is 10.0 Å². The number of anilines is 1. The minimum absolute atomic E-state index is 0.169. The molecule has 5 nitrogen and oxygen atoms in total. The molecule has 1 saturated heterocycles. The quantitative estimate of drug-likeness (QED) is 0.651. The number of amides is 1. The third-order valence-electron chi connectivity index (χ3n) is 5.35. The fourth-order valence-corrected chi connectivity index (χ4v) is 5.07. The number of carbonyl (C=O) groups is 1. The van der Waals surface area contributed by atoms with Gasteiger partial charge >= 0.3 is 0 Å². The molecule has 154 valence electrons. The summed E-state index contributed by atoms with van der Waals surface area (Å²) >= 11 is 0. The molecular formula is C24H24N2O3S. The number of sulfonamides is 1. The van der Waals surface area contributed by atoms with E-state index in [-0.39, 0.29) is 5.91 Å². The predicted octanol–water partition coefficient (Wildman–Crippen LogP) is 4.70. The molecule has 1 N–H and O–H groups in total. The lowest BCUT2D eigenvalue weighted by atomic mass is 10.0. The fraction of sp³-hybridized carbons (Fsp3) is 0.208. The zero-order chi connectivity index (χ0) is 21.1. The zero-order valence-electron chi connectivity index (χ0n) is 16.8. The predicted molar refractivity (Wildman–Crippen MR) is 119 cm³/mol. The highest BCUT2D eigenvalue weighted by Gasteiger charge is 2.26. The van der Waals surface area contributed by atoms with Crippen LogP contribution in [0.15, 0.2) is 77.7 Å². The van der Waals surface area contributed by atoms with Gasteiger partial charge in [0.1, 0.15) is 0 Å². The first-order chi connectivity index (χ1) is 14.4. The van der Waals surface area contributed by atoms with Crippen molar-refractivity contribution in [3.05, 3.63) is 83.9 Å². The van der Waals surface area contributed by atoms with E-state index < -0.39 is 10.0 Å². The number of hydrogen-bond donors (Lipinski definition) is 1. The second-order valence-corrected chi connectivity index (χ2v) is 9.47. The van der Waals surface area contributed by atoms with Gasteiger partial charge in [0, 0.05) is 24.3 Å². The second kappa shape index (κ2) is 8.42. The van der Waals surface area contributed by atoms with Crippen molar-refractivity contribution in [1.82, 2.24) is 4.31 Å². The number of hydrogen-bond acceptors (Lipinski definition) is 3. The molecule has 0 bridgehead atoms. The van der Waals surface area contributed by atoms with Gasteiger partial charge in [-0.05, 0) is 67.3 Å². The van der Waals surface area contributed by atoms with Crippen molar-refractivity contribution in [2.24, 2.45) is 0 Å². The maximum atomic E-state index is 12.7. The first kappa shape index (κ1) is 20.3. The van der Waals surface area contributed by atoms with Crippen LogP contribution >= 0.6 is 0 Å². The summed E-state index contributed by atoms with van der Waals surface area (Å²) in [6.07, 6.45) is 1.84. The van der Waals surface area contributed by atoms with Gasteiger partial charge in [-0.2, -0.15) is 4.31 Å². The Kier molecular flexibility index (Phi) is 5.70. The molecule has 1 aliphatic heterocycles. The molecule has 1 aliphatic rings. The average Bonchev–Trinajstić information content (AvgIpc) is 3.31. The van der Waals surface area contributed by atoms with E-state index in [1.54, 1.807) is 28.6 Å². The van der Waals surface area contributed by atoms with E-state index in [4.69, 9.17) is 0 Å². The van der Waals surface area contributed by atoms with Gasteiger partial charge < -0.3 is 5.32 Å². The molecular weight excluding hydrogens is 396 g/mol. The molecule has 1 fully saturated rings. The van der Waals surface area contributed by atoms with Crippen molar-refractivity contribution in [3.8, 4) is 11.1 Å². The summed E-state index contributed by atoms with van der Waals surface area (Å²) < 4.78 is 26.8. The Morgan fingerprint density at radius 3 is 1.90 bits per heavy atom. The van der Waals surface area contributed by atoms with Gasteiger partial charge in [0.15, 0.2) is 0 Å². The first-order valence-corrected chi connectivity index (χ1v) is 11.5. The van der Waals surface area contributed by atoms with Gasteiger partial charge in [-0.25, -0.2) is 8.42 Å². The highest BCUT2D eigenvalue weighted by Crippen LogP contribution is 2.25. The first-order valence-electron chi connectivity index (χ1n) is 10.0. The lowest BCUT2D eigenvalue weighted by molar-refractivity contribution is 0.102. The number of benzene rings is 3. The molecule has 6 heteroatoms. The molecule has 30 heavy (non-hydrogen) atoms. The van der Waals surface area contributed by atoms with Crippen molar-refractivity contribution in [1.29, 1.82) is 0 Å². The van der Waals surface area contributed by atoms with E-state index in [0.717, 1.165) is 35.2 Å². The summed E-state index contributed by atoms with van der Waals surface area (Å²) in [5.41, 5.74) is 4.28. The largest absolute Gasteiger partial charge is 0.322 e. The molecule has 1 heterocycles. The summed E-state index contributed by atoms with van der Waals surface area (Å²) in [5, 5.41) is 2.89. The van der Waals surface area contributed by atoms with Crippen LogP contribution in [0, 0.1) is 6.92 Å². The Morgan fingerprint density at radius 2 is 1.33 bits per heavy atom. The summed E-state index contributed by atoms with van der Waals surface area (Å²) in [4.78, 5) is 12.8. The summed E-state index contributed by atoms with van der Waals surface area (Å²) in [7, 11) is -3.41. The Bertz CT molecular complexity index is 1130. The third kappa shape index (κ3) is 4.30. The summed E-state index contributed by atoms with van der Waals surface area (Å²) in [6.45, 7) is 3.19. The number of rotatable bonds is 5. The van der Waals surface area contributed by atoms with Crippen LogP contribution in [-0.4, -0.2) is 31.7 Å². The van der Waals surface area contributed by atoms with Crippen LogP contribution in [0.4, 0.5) is 5.69 Å². The molecule has 0 atom stereocenters. The van der Waals surface area contributed by atoms with E-state index in [9.17, 15) is 13.2 Å². The maximum absolute atomic E-state index is 12.7. The minimum atomic E-state index is -3.41. The van der Waals surface area contributed by atoms with Crippen molar-refractivity contribution >= 4 is 21.6 Å². The fourth-order valence-electron chi connectivity index (χ4n) is 3.55. The van der Waals surface area contributed by atoms with Crippen LogP contribution in [0.5, 0.6) is 0 Å². The molecule has 0 aliphatic carbocycles. The average molecular weight is 421 g/mol. The number of aryl methyl sites for hydroxylation is 1. The summed E-state index contributed by atoms with van der Waals surface area (Å²) in [6, 6.07) is 21.9. The van der Waals surface area contributed by atoms with Crippen molar-refractivity contribution in [3.63, 3.8) is 0 Å². The van der Waals surface area contributed by atoms with Crippen LogP contribution in [0.2, 0.25) is 0 Å².